The second-order valence-corrected chi connectivity index (χ2v) is 4.90. The molecule has 3 nitrogen and oxygen atoms in total. The summed E-state index contributed by atoms with van der Waals surface area (Å²) < 4.78 is 28.6. The molecule has 0 amide bonds. The summed E-state index contributed by atoms with van der Waals surface area (Å²) in [5, 5.41) is 1.12. The zero-order valence-corrected chi connectivity index (χ0v) is 11.7. The van der Waals surface area contributed by atoms with Gasteiger partial charge in [0.15, 0.2) is 0 Å². The fourth-order valence-corrected chi connectivity index (χ4v) is 2.08. The highest BCUT2D eigenvalue weighted by atomic mass is 35.5. The van der Waals surface area contributed by atoms with Gasteiger partial charge in [0.1, 0.15) is 6.61 Å². The van der Waals surface area contributed by atoms with Gasteiger partial charge in [-0.15, -0.1) is 0 Å². The first-order valence-electron chi connectivity index (χ1n) is 5.79. The second kappa shape index (κ2) is 8.66. The predicted octanol–water partition coefficient (Wildman–Crippen LogP) is 3.04. The van der Waals surface area contributed by atoms with E-state index in [0.29, 0.717) is 22.9 Å². The molecule has 0 bridgehead atoms. The van der Waals surface area contributed by atoms with Gasteiger partial charge in [-0.05, 0) is 30.5 Å². The largest absolute Gasteiger partial charge is 0.375 e. The Kier molecular flexibility index (Phi) is 7.56. The molecular formula is C12H16Cl2F2N2O. The van der Waals surface area contributed by atoms with Gasteiger partial charge in [-0.3, -0.25) is 11.3 Å². The minimum atomic E-state index is -2.45. The minimum Gasteiger partial charge on any atom is -0.375 e. The van der Waals surface area contributed by atoms with Crippen molar-refractivity contribution in [2.24, 2.45) is 5.84 Å². The van der Waals surface area contributed by atoms with Crippen LogP contribution in [-0.2, 0) is 11.2 Å². The standard InChI is InChI=1S/C12H16Cl2F2N2O/c13-9-2-1-8(11(14)6-9)5-10(18-17)3-4-19-7-12(15)16/h1-2,6,10,12,18H,3-5,7,17H2. The van der Waals surface area contributed by atoms with E-state index < -0.39 is 13.0 Å². The van der Waals surface area contributed by atoms with Crippen molar-refractivity contribution in [2.75, 3.05) is 13.2 Å². The summed E-state index contributed by atoms with van der Waals surface area (Å²) in [5.74, 6) is 5.42. The molecule has 0 radical (unpaired) electrons. The number of hydrogen-bond donors (Lipinski definition) is 2. The van der Waals surface area contributed by atoms with Crippen molar-refractivity contribution in [3.05, 3.63) is 33.8 Å². The second-order valence-electron chi connectivity index (χ2n) is 4.06. The molecule has 1 aromatic rings. The van der Waals surface area contributed by atoms with E-state index in [1.54, 1.807) is 12.1 Å². The summed E-state index contributed by atoms with van der Waals surface area (Å²) in [7, 11) is 0. The van der Waals surface area contributed by atoms with Gasteiger partial charge in [-0.2, -0.15) is 0 Å². The molecule has 0 aliphatic rings. The number of ether oxygens (including phenoxy) is 1. The SMILES string of the molecule is NNC(CCOCC(F)F)Cc1ccc(Cl)cc1Cl. The smallest absolute Gasteiger partial charge is 0.261 e. The van der Waals surface area contributed by atoms with Crippen molar-refractivity contribution < 1.29 is 13.5 Å². The quantitative estimate of drug-likeness (QED) is 0.440. The minimum absolute atomic E-state index is 0.101. The van der Waals surface area contributed by atoms with E-state index in [9.17, 15) is 8.78 Å². The van der Waals surface area contributed by atoms with Gasteiger partial charge < -0.3 is 4.74 Å². The van der Waals surface area contributed by atoms with Crippen molar-refractivity contribution in [3.8, 4) is 0 Å². The zero-order chi connectivity index (χ0) is 14.3. The molecule has 0 fully saturated rings. The molecule has 0 spiro atoms. The molecule has 0 saturated carbocycles. The van der Waals surface area contributed by atoms with E-state index in [2.05, 4.69) is 5.43 Å². The third-order valence-electron chi connectivity index (χ3n) is 2.57. The summed E-state index contributed by atoms with van der Waals surface area (Å²) in [6.07, 6.45) is -1.36. The number of benzene rings is 1. The van der Waals surface area contributed by atoms with Crippen LogP contribution in [0.4, 0.5) is 8.78 Å². The van der Waals surface area contributed by atoms with E-state index in [1.165, 1.54) is 0 Å². The molecule has 108 valence electrons. The first-order chi connectivity index (χ1) is 9.02. The molecule has 0 heterocycles. The number of nitrogens with one attached hydrogen (secondary N) is 1. The Hall–Kier alpha value is -0.460. The van der Waals surface area contributed by atoms with Gasteiger partial charge >= 0.3 is 0 Å². The molecule has 7 heteroatoms. The lowest BCUT2D eigenvalue weighted by Gasteiger charge is -2.16. The first-order valence-corrected chi connectivity index (χ1v) is 6.54. The molecule has 0 aliphatic heterocycles. The average Bonchev–Trinajstić information content (AvgIpc) is 2.35. The van der Waals surface area contributed by atoms with Gasteiger partial charge in [0.05, 0.1) is 0 Å². The lowest BCUT2D eigenvalue weighted by atomic mass is 10.0. The van der Waals surface area contributed by atoms with Crippen LogP contribution in [0.25, 0.3) is 0 Å². The van der Waals surface area contributed by atoms with Crippen LogP contribution in [0.3, 0.4) is 0 Å². The van der Waals surface area contributed by atoms with E-state index in [0.717, 1.165) is 5.56 Å². The Morgan fingerprint density at radius 3 is 2.63 bits per heavy atom. The zero-order valence-electron chi connectivity index (χ0n) is 10.2. The van der Waals surface area contributed by atoms with Crippen LogP contribution < -0.4 is 11.3 Å². The Labute approximate surface area is 121 Å². The molecule has 1 unspecified atom stereocenters. The van der Waals surface area contributed by atoms with Crippen LogP contribution in [0.15, 0.2) is 18.2 Å². The maximum absolute atomic E-state index is 11.9. The van der Waals surface area contributed by atoms with E-state index >= 15 is 0 Å². The number of hydrogen-bond acceptors (Lipinski definition) is 3. The monoisotopic (exact) mass is 312 g/mol. The Bertz CT molecular complexity index is 394. The summed E-state index contributed by atoms with van der Waals surface area (Å²) in [4.78, 5) is 0. The fourth-order valence-electron chi connectivity index (χ4n) is 1.60. The lowest BCUT2D eigenvalue weighted by molar-refractivity contribution is 0.0144. The third kappa shape index (κ3) is 6.49. The summed E-state index contributed by atoms with van der Waals surface area (Å²) >= 11 is 11.9. The maximum atomic E-state index is 11.9. The van der Waals surface area contributed by atoms with Crippen LogP contribution >= 0.6 is 23.2 Å². The van der Waals surface area contributed by atoms with Crippen molar-refractivity contribution in [2.45, 2.75) is 25.3 Å². The highest BCUT2D eigenvalue weighted by Gasteiger charge is 2.11. The summed E-state index contributed by atoms with van der Waals surface area (Å²) in [6.45, 7) is -0.344. The van der Waals surface area contributed by atoms with Crippen LogP contribution in [0.5, 0.6) is 0 Å². The van der Waals surface area contributed by atoms with Crippen LogP contribution in [0, 0.1) is 0 Å². The first kappa shape index (κ1) is 16.6. The predicted molar refractivity (Wildman–Crippen MR) is 72.7 cm³/mol. The lowest BCUT2D eigenvalue weighted by Crippen LogP contribution is -2.37. The number of rotatable bonds is 8. The molecule has 0 aliphatic carbocycles. The molecular weight excluding hydrogens is 297 g/mol. The highest BCUT2D eigenvalue weighted by molar-refractivity contribution is 6.35. The molecule has 0 saturated heterocycles. The van der Waals surface area contributed by atoms with Crippen molar-refractivity contribution in [1.82, 2.24) is 5.43 Å². The van der Waals surface area contributed by atoms with Gasteiger partial charge in [0.25, 0.3) is 6.43 Å². The van der Waals surface area contributed by atoms with E-state index in [4.69, 9.17) is 33.8 Å². The summed E-state index contributed by atoms with van der Waals surface area (Å²) in [6, 6.07) is 5.11. The van der Waals surface area contributed by atoms with Crippen molar-refractivity contribution in [3.63, 3.8) is 0 Å². The molecule has 0 aromatic heterocycles. The van der Waals surface area contributed by atoms with Crippen molar-refractivity contribution >= 4 is 23.2 Å². The van der Waals surface area contributed by atoms with Gasteiger partial charge in [0.2, 0.25) is 0 Å². The van der Waals surface area contributed by atoms with Gasteiger partial charge in [-0.1, -0.05) is 29.3 Å². The van der Waals surface area contributed by atoms with Crippen LogP contribution in [0.1, 0.15) is 12.0 Å². The maximum Gasteiger partial charge on any atom is 0.261 e. The third-order valence-corrected chi connectivity index (χ3v) is 3.16. The highest BCUT2D eigenvalue weighted by Crippen LogP contribution is 2.22. The van der Waals surface area contributed by atoms with E-state index in [-0.39, 0.29) is 12.6 Å². The van der Waals surface area contributed by atoms with E-state index in [1.807, 2.05) is 6.07 Å². The van der Waals surface area contributed by atoms with Gasteiger partial charge in [0, 0.05) is 22.7 Å². The molecule has 1 aromatic carbocycles. The molecule has 1 atom stereocenters. The Morgan fingerprint density at radius 1 is 1.32 bits per heavy atom. The normalized spacial score (nSPS) is 12.9. The van der Waals surface area contributed by atoms with Crippen LogP contribution in [-0.4, -0.2) is 25.7 Å². The van der Waals surface area contributed by atoms with Crippen molar-refractivity contribution in [1.29, 1.82) is 0 Å². The van der Waals surface area contributed by atoms with Gasteiger partial charge in [-0.25, -0.2) is 8.78 Å². The topological polar surface area (TPSA) is 47.3 Å². The number of alkyl halides is 2. The number of nitrogens with two attached hydrogens (primary N) is 1. The Balaban J connectivity index is 2.43. The van der Waals surface area contributed by atoms with Crippen LogP contribution in [0.2, 0.25) is 10.0 Å². The number of hydrazine groups is 1. The molecule has 3 N–H and O–H groups in total. The molecule has 19 heavy (non-hydrogen) atoms. The summed E-state index contributed by atoms with van der Waals surface area (Å²) in [5.41, 5.74) is 3.51. The molecule has 1 rings (SSSR count). The number of halogens is 4. The average molecular weight is 313 g/mol. The Morgan fingerprint density at radius 2 is 2.05 bits per heavy atom. The fraction of sp³-hybridized carbons (Fsp3) is 0.500.